The van der Waals surface area contributed by atoms with Gasteiger partial charge in [0.1, 0.15) is 5.82 Å². The van der Waals surface area contributed by atoms with Crippen molar-refractivity contribution in [2.75, 3.05) is 6.54 Å². The molecule has 1 aromatic carbocycles. The van der Waals surface area contributed by atoms with E-state index in [4.69, 9.17) is 0 Å². The molecule has 1 aliphatic rings. The third-order valence-electron chi connectivity index (χ3n) is 4.18. The number of aliphatic hydroxyl groups is 1. The molecule has 0 heterocycles. The van der Waals surface area contributed by atoms with Crippen molar-refractivity contribution in [1.82, 2.24) is 10.6 Å². The van der Waals surface area contributed by atoms with E-state index in [1.54, 1.807) is 12.1 Å². The number of carbonyl (C=O) groups is 1. The molecule has 2 unspecified atom stereocenters. The quantitative estimate of drug-likeness (QED) is 0.804. The minimum Gasteiger partial charge on any atom is -0.391 e. The van der Waals surface area contributed by atoms with Crippen LogP contribution in [0.25, 0.3) is 0 Å². The van der Waals surface area contributed by atoms with Gasteiger partial charge in [-0.05, 0) is 47.9 Å². The molecule has 1 aliphatic carbocycles. The number of halogens is 1. The Labute approximate surface area is 131 Å². The number of aliphatic hydroxyl groups excluding tert-OH is 1. The summed E-state index contributed by atoms with van der Waals surface area (Å²) in [5, 5.41) is 15.6. The highest BCUT2D eigenvalue weighted by Crippen LogP contribution is 2.30. The fraction of sp³-hybridized carbons (Fsp3) is 0.588. The molecule has 0 bridgehead atoms. The third-order valence-corrected chi connectivity index (χ3v) is 4.18. The number of carbonyl (C=O) groups excluding carboxylic acids is 1. The Kier molecular flexibility index (Phi) is 5.06. The second-order valence-electron chi connectivity index (χ2n) is 7.02. The first-order chi connectivity index (χ1) is 10.3. The van der Waals surface area contributed by atoms with Crippen molar-refractivity contribution in [3.63, 3.8) is 0 Å². The topological polar surface area (TPSA) is 61.4 Å². The summed E-state index contributed by atoms with van der Waals surface area (Å²) in [5.41, 5.74) is 1.67. The summed E-state index contributed by atoms with van der Waals surface area (Å²) in [6.45, 7) is 5.97. The molecule has 22 heavy (non-hydrogen) atoms. The lowest BCUT2D eigenvalue weighted by molar-refractivity contribution is 0.0648. The Morgan fingerprint density at radius 1 is 1.45 bits per heavy atom. The number of urea groups is 1. The van der Waals surface area contributed by atoms with Crippen molar-refractivity contribution < 1.29 is 14.3 Å². The van der Waals surface area contributed by atoms with E-state index in [1.165, 1.54) is 6.07 Å². The second-order valence-corrected chi connectivity index (χ2v) is 7.02. The first kappa shape index (κ1) is 16.7. The Bertz CT molecular complexity index is 540. The smallest absolute Gasteiger partial charge is 0.315 e. The molecule has 2 amide bonds. The molecule has 5 heteroatoms. The lowest BCUT2D eigenvalue weighted by atomic mass is 9.87. The van der Waals surface area contributed by atoms with Crippen LogP contribution in [0.5, 0.6) is 0 Å². The summed E-state index contributed by atoms with van der Waals surface area (Å²) in [5.74, 6) is -0.239. The molecule has 2 rings (SSSR count). The van der Waals surface area contributed by atoms with E-state index in [0.29, 0.717) is 0 Å². The normalized spacial score (nSPS) is 19.2. The van der Waals surface area contributed by atoms with Crippen molar-refractivity contribution in [3.05, 3.63) is 35.1 Å². The van der Waals surface area contributed by atoms with Gasteiger partial charge in [-0.2, -0.15) is 0 Å². The zero-order chi connectivity index (χ0) is 16.3. The maximum absolute atomic E-state index is 13.3. The molecule has 1 aromatic rings. The number of fused-ring (bicyclic) bond motifs is 1. The maximum Gasteiger partial charge on any atom is 0.315 e. The summed E-state index contributed by atoms with van der Waals surface area (Å²) in [7, 11) is 0. The van der Waals surface area contributed by atoms with Gasteiger partial charge in [-0.25, -0.2) is 9.18 Å². The number of hydrogen-bond acceptors (Lipinski definition) is 2. The van der Waals surface area contributed by atoms with Gasteiger partial charge < -0.3 is 15.7 Å². The lowest BCUT2D eigenvalue weighted by Crippen LogP contribution is -2.45. The molecule has 2 atom stereocenters. The predicted octanol–water partition coefficient (Wildman–Crippen LogP) is 2.91. The van der Waals surface area contributed by atoms with Gasteiger partial charge in [0.25, 0.3) is 0 Å². The third kappa shape index (κ3) is 4.19. The maximum atomic E-state index is 13.3. The van der Waals surface area contributed by atoms with Gasteiger partial charge in [-0.3, -0.25) is 0 Å². The van der Waals surface area contributed by atoms with Gasteiger partial charge in [0, 0.05) is 6.54 Å². The Hall–Kier alpha value is -1.62. The van der Waals surface area contributed by atoms with Gasteiger partial charge in [0.15, 0.2) is 0 Å². The van der Waals surface area contributed by atoms with Crippen LogP contribution in [0, 0.1) is 11.2 Å². The first-order valence-corrected chi connectivity index (χ1v) is 7.78. The molecular weight excluding hydrogens is 283 g/mol. The van der Waals surface area contributed by atoms with Gasteiger partial charge >= 0.3 is 6.03 Å². The van der Waals surface area contributed by atoms with E-state index in [0.717, 1.165) is 30.4 Å². The monoisotopic (exact) mass is 308 g/mol. The van der Waals surface area contributed by atoms with Crippen LogP contribution in [0.15, 0.2) is 18.2 Å². The minimum atomic E-state index is -0.606. The van der Waals surface area contributed by atoms with Crippen LogP contribution in [0.3, 0.4) is 0 Å². The Morgan fingerprint density at radius 3 is 2.86 bits per heavy atom. The molecule has 4 nitrogen and oxygen atoms in total. The fourth-order valence-electron chi connectivity index (χ4n) is 2.64. The largest absolute Gasteiger partial charge is 0.391 e. The van der Waals surface area contributed by atoms with E-state index in [2.05, 4.69) is 10.6 Å². The van der Waals surface area contributed by atoms with Crippen LogP contribution in [0.2, 0.25) is 0 Å². The molecule has 0 fully saturated rings. The molecule has 0 aliphatic heterocycles. The molecule has 0 radical (unpaired) electrons. The van der Waals surface area contributed by atoms with Crippen molar-refractivity contribution >= 4 is 6.03 Å². The highest BCUT2D eigenvalue weighted by molar-refractivity contribution is 5.74. The summed E-state index contributed by atoms with van der Waals surface area (Å²) >= 11 is 0. The van der Waals surface area contributed by atoms with Gasteiger partial charge in [0.2, 0.25) is 0 Å². The fourth-order valence-corrected chi connectivity index (χ4v) is 2.64. The Morgan fingerprint density at radius 2 is 2.18 bits per heavy atom. The number of hydrogen-bond donors (Lipinski definition) is 3. The zero-order valence-corrected chi connectivity index (χ0v) is 13.4. The number of nitrogens with one attached hydrogen (secondary N) is 2. The van der Waals surface area contributed by atoms with Crippen LogP contribution >= 0.6 is 0 Å². The molecule has 122 valence electrons. The number of rotatable bonds is 3. The van der Waals surface area contributed by atoms with E-state index >= 15 is 0 Å². The number of benzene rings is 1. The highest BCUT2D eigenvalue weighted by Gasteiger charge is 2.24. The molecule has 0 spiro atoms. The van der Waals surface area contributed by atoms with E-state index in [1.807, 2.05) is 20.8 Å². The molecule has 0 aromatic heterocycles. The van der Waals surface area contributed by atoms with Gasteiger partial charge in [-0.1, -0.05) is 26.8 Å². The average molecular weight is 308 g/mol. The predicted molar refractivity (Wildman–Crippen MR) is 84.1 cm³/mol. The SMILES string of the molecule is CC(C)(C)C(O)CNC(=O)NC1CCCc2cc(F)ccc21. The standard InChI is InChI=1S/C17H25FN2O2/c1-17(2,3)15(21)10-19-16(22)20-14-6-4-5-11-9-12(18)7-8-13(11)14/h7-9,14-15,21H,4-6,10H2,1-3H3,(H2,19,20,22). The molecule has 3 N–H and O–H groups in total. The number of amides is 2. The molecular formula is C17H25FN2O2. The average Bonchev–Trinajstić information content (AvgIpc) is 2.43. The lowest BCUT2D eigenvalue weighted by Gasteiger charge is -2.28. The van der Waals surface area contributed by atoms with Crippen LogP contribution in [0.4, 0.5) is 9.18 Å². The first-order valence-electron chi connectivity index (χ1n) is 7.78. The minimum absolute atomic E-state index is 0.101. The van der Waals surface area contributed by atoms with E-state index < -0.39 is 6.10 Å². The van der Waals surface area contributed by atoms with Crippen molar-refractivity contribution in [2.45, 2.75) is 52.2 Å². The van der Waals surface area contributed by atoms with E-state index in [9.17, 15) is 14.3 Å². The van der Waals surface area contributed by atoms with Gasteiger partial charge in [-0.15, -0.1) is 0 Å². The second kappa shape index (κ2) is 6.65. The van der Waals surface area contributed by atoms with Crippen molar-refractivity contribution in [1.29, 1.82) is 0 Å². The van der Waals surface area contributed by atoms with E-state index in [-0.39, 0.29) is 29.8 Å². The summed E-state index contributed by atoms with van der Waals surface area (Å²) in [6, 6.07) is 4.32. The summed E-state index contributed by atoms with van der Waals surface area (Å²) in [4.78, 5) is 12.0. The highest BCUT2D eigenvalue weighted by atomic mass is 19.1. The van der Waals surface area contributed by atoms with Crippen LogP contribution in [-0.4, -0.2) is 23.8 Å². The van der Waals surface area contributed by atoms with Crippen molar-refractivity contribution in [2.24, 2.45) is 5.41 Å². The van der Waals surface area contributed by atoms with Crippen LogP contribution in [-0.2, 0) is 6.42 Å². The van der Waals surface area contributed by atoms with Crippen LogP contribution < -0.4 is 10.6 Å². The molecule has 0 saturated carbocycles. The van der Waals surface area contributed by atoms with Crippen LogP contribution in [0.1, 0.15) is 50.8 Å². The van der Waals surface area contributed by atoms with Crippen molar-refractivity contribution in [3.8, 4) is 0 Å². The summed E-state index contributed by atoms with van der Waals surface area (Å²) in [6.07, 6.45) is 2.00. The van der Waals surface area contributed by atoms with Gasteiger partial charge in [0.05, 0.1) is 12.1 Å². The Balaban J connectivity index is 1.93. The number of aryl methyl sites for hydroxylation is 1. The summed E-state index contributed by atoms with van der Waals surface area (Å²) < 4.78 is 13.3. The molecule has 0 saturated heterocycles. The zero-order valence-electron chi connectivity index (χ0n) is 13.4.